The Morgan fingerprint density at radius 1 is 1.05 bits per heavy atom. The van der Waals surface area contributed by atoms with Crippen molar-refractivity contribution in [2.24, 2.45) is 0 Å². The largest absolute Gasteiger partial charge is 0.481 e. The van der Waals surface area contributed by atoms with Gasteiger partial charge in [-0.1, -0.05) is 69.8 Å². The third-order valence-corrected chi connectivity index (χ3v) is 3.56. The Bertz CT molecular complexity index is 310. The highest BCUT2D eigenvalue weighted by Gasteiger charge is 2.03. The summed E-state index contributed by atoms with van der Waals surface area (Å²) >= 11 is 0. The monoisotopic (exact) mass is 312 g/mol. The van der Waals surface area contributed by atoms with Crippen LogP contribution < -0.4 is 0 Å². The first-order chi connectivity index (χ1) is 10.7. The molecule has 128 valence electrons. The number of carbonyl (C=O) groups is 1. The van der Waals surface area contributed by atoms with Crippen molar-refractivity contribution in [2.45, 2.75) is 83.7 Å². The molecule has 0 rings (SSSR count). The predicted molar refractivity (Wildman–Crippen MR) is 89.9 cm³/mol. The van der Waals surface area contributed by atoms with Gasteiger partial charge in [0.25, 0.3) is 0 Å². The van der Waals surface area contributed by atoms with Crippen molar-refractivity contribution in [3.63, 3.8) is 0 Å². The summed E-state index contributed by atoms with van der Waals surface area (Å²) < 4.78 is 0. The minimum absolute atomic E-state index is 0.251. The van der Waals surface area contributed by atoms with E-state index in [0.717, 1.165) is 44.9 Å². The van der Waals surface area contributed by atoms with Crippen LogP contribution in [0.25, 0.3) is 0 Å². The molecule has 0 aliphatic carbocycles. The van der Waals surface area contributed by atoms with Gasteiger partial charge in [-0.25, -0.2) is 4.89 Å². The van der Waals surface area contributed by atoms with Crippen molar-refractivity contribution in [2.75, 3.05) is 0 Å². The van der Waals surface area contributed by atoms with Crippen LogP contribution in [-0.4, -0.2) is 22.4 Å². The molecule has 1 atom stereocenters. The summed E-state index contributed by atoms with van der Waals surface area (Å²) in [6.07, 6.45) is 18.3. The molecule has 0 amide bonds. The molecule has 0 spiro atoms. The molecular weight excluding hydrogens is 280 g/mol. The van der Waals surface area contributed by atoms with Crippen LogP contribution in [0.3, 0.4) is 0 Å². The minimum Gasteiger partial charge on any atom is -0.481 e. The van der Waals surface area contributed by atoms with Crippen LogP contribution in [0.1, 0.15) is 77.6 Å². The molecule has 0 aromatic carbocycles. The Morgan fingerprint density at radius 2 is 1.77 bits per heavy atom. The van der Waals surface area contributed by atoms with Crippen molar-refractivity contribution in [3.8, 4) is 0 Å². The molecule has 0 unspecified atom stereocenters. The number of carboxylic acid groups (broad SMARTS) is 1. The lowest BCUT2D eigenvalue weighted by Crippen LogP contribution is -2.06. The molecule has 0 fully saturated rings. The lowest BCUT2D eigenvalue weighted by molar-refractivity contribution is -0.267. The summed E-state index contributed by atoms with van der Waals surface area (Å²) in [5.74, 6) is -0.721. The average Bonchev–Trinajstić information content (AvgIpc) is 2.50. The highest BCUT2D eigenvalue weighted by molar-refractivity contribution is 5.66. The molecule has 0 bridgehead atoms. The third kappa shape index (κ3) is 15.3. The number of hydrogen-bond acceptors (Lipinski definition) is 3. The van der Waals surface area contributed by atoms with Gasteiger partial charge in [-0.15, -0.1) is 0 Å². The number of allylic oxidation sites excluding steroid dienone is 3. The Morgan fingerprint density at radius 3 is 2.45 bits per heavy atom. The quantitative estimate of drug-likeness (QED) is 0.185. The lowest BCUT2D eigenvalue weighted by atomic mass is 10.1. The number of carboxylic acids is 1. The summed E-state index contributed by atoms with van der Waals surface area (Å²) in [5, 5.41) is 17.4. The SMILES string of the molecule is CCCCCC=CC=C[C@@H](CCCCCCCC(=O)O)OO. The van der Waals surface area contributed by atoms with E-state index in [0.29, 0.717) is 0 Å². The van der Waals surface area contributed by atoms with Gasteiger partial charge in [0.2, 0.25) is 0 Å². The van der Waals surface area contributed by atoms with Gasteiger partial charge in [0.15, 0.2) is 0 Å². The van der Waals surface area contributed by atoms with Gasteiger partial charge in [0.05, 0.1) is 0 Å². The van der Waals surface area contributed by atoms with Crippen molar-refractivity contribution >= 4 is 5.97 Å². The maximum absolute atomic E-state index is 10.4. The van der Waals surface area contributed by atoms with Crippen molar-refractivity contribution in [3.05, 3.63) is 24.3 Å². The molecule has 4 nitrogen and oxygen atoms in total. The number of hydrogen-bond donors (Lipinski definition) is 2. The summed E-state index contributed by atoms with van der Waals surface area (Å²) in [6.45, 7) is 2.19. The van der Waals surface area contributed by atoms with E-state index in [2.05, 4.69) is 17.9 Å². The Kier molecular flexibility index (Phi) is 15.4. The zero-order valence-corrected chi connectivity index (χ0v) is 13.9. The first-order valence-electron chi connectivity index (χ1n) is 8.56. The average molecular weight is 312 g/mol. The third-order valence-electron chi connectivity index (χ3n) is 3.56. The van der Waals surface area contributed by atoms with E-state index in [-0.39, 0.29) is 12.5 Å². The van der Waals surface area contributed by atoms with Crippen molar-refractivity contribution < 1.29 is 20.0 Å². The highest BCUT2D eigenvalue weighted by atomic mass is 17.1. The second-order valence-electron chi connectivity index (χ2n) is 5.65. The van der Waals surface area contributed by atoms with Crippen LogP contribution in [0.4, 0.5) is 0 Å². The first-order valence-corrected chi connectivity index (χ1v) is 8.56. The van der Waals surface area contributed by atoms with Gasteiger partial charge in [0.1, 0.15) is 6.10 Å². The standard InChI is InChI=1S/C18H32O4/c1-2-3-4-5-6-8-11-14-17(22-21)15-12-9-7-10-13-16-18(19)20/h6,8,11,14,17,21H,2-5,7,9-10,12-13,15-16H2,1H3,(H,19,20)/t17-/m0/s1. The van der Waals surface area contributed by atoms with E-state index in [1.165, 1.54) is 19.3 Å². The molecule has 22 heavy (non-hydrogen) atoms. The molecule has 0 aliphatic heterocycles. The van der Waals surface area contributed by atoms with Gasteiger partial charge < -0.3 is 5.11 Å². The van der Waals surface area contributed by atoms with Gasteiger partial charge in [0, 0.05) is 6.42 Å². The zero-order valence-electron chi connectivity index (χ0n) is 13.9. The van der Waals surface area contributed by atoms with Gasteiger partial charge >= 0.3 is 5.97 Å². The first kappa shape index (κ1) is 20.9. The summed E-state index contributed by atoms with van der Waals surface area (Å²) in [6, 6.07) is 0. The van der Waals surface area contributed by atoms with Crippen LogP contribution in [0, 0.1) is 0 Å². The Labute approximate surface area is 134 Å². The van der Waals surface area contributed by atoms with E-state index in [9.17, 15) is 4.79 Å². The smallest absolute Gasteiger partial charge is 0.303 e. The maximum atomic E-state index is 10.4. The van der Waals surface area contributed by atoms with Crippen LogP contribution in [0.5, 0.6) is 0 Å². The fraction of sp³-hybridized carbons (Fsp3) is 0.722. The molecular formula is C18H32O4. The van der Waals surface area contributed by atoms with E-state index in [4.69, 9.17) is 10.4 Å². The summed E-state index contributed by atoms with van der Waals surface area (Å²) in [7, 11) is 0. The Balaban J connectivity index is 3.59. The van der Waals surface area contributed by atoms with E-state index < -0.39 is 5.97 Å². The highest BCUT2D eigenvalue weighted by Crippen LogP contribution is 2.11. The normalized spacial score (nSPS) is 13.2. The molecule has 0 radical (unpaired) electrons. The lowest BCUT2D eigenvalue weighted by Gasteiger charge is -2.08. The van der Waals surface area contributed by atoms with Crippen LogP contribution >= 0.6 is 0 Å². The molecule has 0 aromatic rings. The molecule has 0 saturated carbocycles. The topological polar surface area (TPSA) is 66.8 Å². The maximum Gasteiger partial charge on any atom is 0.303 e. The van der Waals surface area contributed by atoms with Gasteiger partial charge in [-0.2, -0.15) is 0 Å². The van der Waals surface area contributed by atoms with Crippen molar-refractivity contribution in [1.29, 1.82) is 0 Å². The number of unbranched alkanes of at least 4 members (excludes halogenated alkanes) is 7. The zero-order chi connectivity index (χ0) is 16.5. The second kappa shape index (κ2) is 16.2. The molecule has 0 aromatic heterocycles. The van der Waals surface area contributed by atoms with E-state index >= 15 is 0 Å². The van der Waals surface area contributed by atoms with Crippen molar-refractivity contribution in [1.82, 2.24) is 0 Å². The summed E-state index contributed by atoms with van der Waals surface area (Å²) in [4.78, 5) is 14.8. The molecule has 0 aliphatic rings. The van der Waals surface area contributed by atoms with Gasteiger partial charge in [-0.05, 0) is 25.7 Å². The fourth-order valence-corrected chi connectivity index (χ4v) is 2.21. The van der Waals surface area contributed by atoms with Crippen LogP contribution in [0.2, 0.25) is 0 Å². The summed E-state index contributed by atoms with van der Waals surface area (Å²) in [5.41, 5.74) is 0. The Hall–Kier alpha value is -1.13. The van der Waals surface area contributed by atoms with Crippen LogP contribution in [-0.2, 0) is 9.68 Å². The van der Waals surface area contributed by atoms with E-state index in [1.54, 1.807) is 0 Å². The molecule has 2 N–H and O–H groups in total. The number of rotatable bonds is 15. The van der Waals surface area contributed by atoms with Crippen LogP contribution in [0.15, 0.2) is 24.3 Å². The second-order valence-corrected chi connectivity index (χ2v) is 5.65. The number of aliphatic carboxylic acids is 1. The molecule has 0 heterocycles. The molecule has 0 saturated heterocycles. The van der Waals surface area contributed by atoms with E-state index in [1.807, 2.05) is 18.2 Å². The molecule has 4 heteroatoms. The predicted octanol–water partition coefficient (Wildman–Crippen LogP) is 5.35. The van der Waals surface area contributed by atoms with Gasteiger partial charge in [-0.3, -0.25) is 10.1 Å². The minimum atomic E-state index is -0.721. The fourth-order valence-electron chi connectivity index (χ4n) is 2.21.